The second kappa shape index (κ2) is 5.13. The first-order chi connectivity index (χ1) is 9.56. The number of piperidine rings is 1. The minimum absolute atomic E-state index is 0.126. The molecule has 2 atom stereocenters. The van der Waals surface area contributed by atoms with Gasteiger partial charge in [0.25, 0.3) is 0 Å². The summed E-state index contributed by atoms with van der Waals surface area (Å²) in [6.07, 6.45) is 3.85. The monoisotopic (exact) mass is 295 g/mol. The number of hydrogen-bond acceptors (Lipinski definition) is 3. The molecule has 1 aromatic rings. The van der Waals surface area contributed by atoms with Gasteiger partial charge in [-0.25, -0.2) is 8.42 Å². The van der Waals surface area contributed by atoms with Crippen LogP contribution in [0, 0.1) is 5.92 Å². The van der Waals surface area contributed by atoms with E-state index in [4.69, 9.17) is 0 Å². The molecule has 0 radical (unpaired) electrons. The van der Waals surface area contributed by atoms with Crippen LogP contribution in [0.4, 0.5) is 0 Å². The van der Waals surface area contributed by atoms with Gasteiger partial charge >= 0.3 is 0 Å². The molecule has 0 aromatic heterocycles. The number of aliphatic hydroxyl groups excluding tert-OH is 1. The Kier molecular flexibility index (Phi) is 3.60. The summed E-state index contributed by atoms with van der Waals surface area (Å²) in [6, 6.07) is 5.45. The summed E-state index contributed by atoms with van der Waals surface area (Å²) >= 11 is 0. The van der Waals surface area contributed by atoms with Crippen molar-refractivity contribution in [2.75, 3.05) is 6.54 Å². The molecule has 2 fully saturated rings. The van der Waals surface area contributed by atoms with Crippen LogP contribution in [0.5, 0.6) is 0 Å². The first kappa shape index (κ1) is 14.0. The Hall–Kier alpha value is -0.910. The van der Waals surface area contributed by atoms with Gasteiger partial charge in [0.05, 0.1) is 11.5 Å². The van der Waals surface area contributed by atoms with Crippen LogP contribution in [0.1, 0.15) is 37.3 Å². The van der Waals surface area contributed by atoms with Gasteiger partial charge in [-0.2, -0.15) is 4.31 Å². The molecule has 1 N–H and O–H groups in total. The number of sulfonamides is 1. The molecule has 4 nitrogen and oxygen atoms in total. The van der Waals surface area contributed by atoms with Crippen LogP contribution in [0.2, 0.25) is 0 Å². The van der Waals surface area contributed by atoms with E-state index in [1.54, 1.807) is 16.4 Å². The third kappa shape index (κ3) is 2.18. The minimum Gasteiger partial charge on any atom is -0.392 e. The number of nitrogens with zero attached hydrogens (tertiary/aromatic N) is 1. The smallest absolute Gasteiger partial charge is 0.243 e. The maximum absolute atomic E-state index is 12.9. The molecule has 1 saturated heterocycles. The van der Waals surface area contributed by atoms with E-state index in [1.807, 2.05) is 13.0 Å². The van der Waals surface area contributed by atoms with Crippen LogP contribution in [0.15, 0.2) is 23.1 Å². The molecular weight excluding hydrogens is 274 g/mol. The summed E-state index contributed by atoms with van der Waals surface area (Å²) in [7, 11) is -3.42. The molecule has 2 bridgehead atoms. The molecule has 1 saturated carbocycles. The molecule has 1 aliphatic carbocycles. The second-order valence-electron chi connectivity index (χ2n) is 5.86. The molecule has 5 heteroatoms. The minimum atomic E-state index is -3.42. The normalized spacial score (nSPS) is 26.3. The lowest BCUT2D eigenvalue weighted by Gasteiger charge is -2.27. The topological polar surface area (TPSA) is 57.6 Å². The zero-order valence-electron chi connectivity index (χ0n) is 11.7. The first-order valence-electron chi connectivity index (χ1n) is 7.30. The number of rotatable bonds is 4. The highest BCUT2D eigenvalue weighted by atomic mass is 32.2. The van der Waals surface area contributed by atoms with Crippen molar-refractivity contribution in [3.8, 4) is 0 Å². The van der Waals surface area contributed by atoms with E-state index in [0.717, 1.165) is 24.8 Å². The quantitative estimate of drug-likeness (QED) is 0.923. The maximum Gasteiger partial charge on any atom is 0.243 e. The number of hydrogen-bond donors (Lipinski definition) is 1. The summed E-state index contributed by atoms with van der Waals surface area (Å²) < 4.78 is 27.5. The molecule has 1 heterocycles. The molecule has 110 valence electrons. The fourth-order valence-corrected chi connectivity index (χ4v) is 5.62. The lowest BCUT2D eigenvalue weighted by atomic mass is 10.1. The largest absolute Gasteiger partial charge is 0.392 e. The standard InChI is InChI=1S/C15H21NO3S/c1-2-13-5-3-12(10-17)8-15(13)20(18,19)16-9-11-4-6-14(16)7-11/h3,5,8,11,14,17H,2,4,6-7,9-10H2,1H3. The Balaban J connectivity index is 2.02. The van der Waals surface area contributed by atoms with Gasteiger partial charge in [-0.15, -0.1) is 0 Å². The summed E-state index contributed by atoms with van der Waals surface area (Å²) in [6.45, 7) is 2.50. The predicted molar refractivity (Wildman–Crippen MR) is 76.8 cm³/mol. The molecule has 0 spiro atoms. The van der Waals surface area contributed by atoms with Crippen molar-refractivity contribution >= 4 is 10.0 Å². The molecule has 3 rings (SSSR count). The van der Waals surface area contributed by atoms with Gasteiger partial charge in [-0.3, -0.25) is 0 Å². The van der Waals surface area contributed by atoms with Crippen molar-refractivity contribution in [1.29, 1.82) is 0 Å². The fourth-order valence-electron chi connectivity index (χ4n) is 3.53. The van der Waals surface area contributed by atoms with Crippen molar-refractivity contribution in [3.63, 3.8) is 0 Å². The second-order valence-corrected chi connectivity index (χ2v) is 7.72. The van der Waals surface area contributed by atoms with Gasteiger partial charge in [0.15, 0.2) is 0 Å². The van der Waals surface area contributed by atoms with E-state index >= 15 is 0 Å². The van der Waals surface area contributed by atoms with E-state index in [1.165, 1.54) is 0 Å². The van der Waals surface area contributed by atoms with E-state index in [9.17, 15) is 13.5 Å². The van der Waals surface area contributed by atoms with E-state index in [0.29, 0.717) is 29.3 Å². The van der Waals surface area contributed by atoms with E-state index < -0.39 is 10.0 Å². The summed E-state index contributed by atoms with van der Waals surface area (Å²) in [5.74, 6) is 0.542. The maximum atomic E-state index is 12.9. The number of benzene rings is 1. The molecular formula is C15H21NO3S. The van der Waals surface area contributed by atoms with E-state index in [2.05, 4.69) is 0 Å². The van der Waals surface area contributed by atoms with Gasteiger partial charge in [0, 0.05) is 12.6 Å². The first-order valence-corrected chi connectivity index (χ1v) is 8.74. The van der Waals surface area contributed by atoms with Crippen LogP contribution >= 0.6 is 0 Å². The zero-order valence-corrected chi connectivity index (χ0v) is 12.6. The van der Waals surface area contributed by atoms with Crippen LogP contribution in [-0.2, 0) is 23.1 Å². The van der Waals surface area contributed by atoms with Crippen LogP contribution in [0.3, 0.4) is 0 Å². The van der Waals surface area contributed by atoms with Crippen LogP contribution in [0.25, 0.3) is 0 Å². The van der Waals surface area contributed by atoms with Crippen molar-refractivity contribution in [2.24, 2.45) is 5.92 Å². The third-order valence-corrected chi connectivity index (χ3v) is 6.64. The molecule has 2 unspecified atom stereocenters. The van der Waals surface area contributed by atoms with E-state index in [-0.39, 0.29) is 12.6 Å². The highest BCUT2D eigenvalue weighted by Crippen LogP contribution is 2.41. The Morgan fingerprint density at radius 2 is 2.15 bits per heavy atom. The zero-order chi connectivity index (χ0) is 14.3. The van der Waals surface area contributed by atoms with Crippen molar-refractivity contribution in [3.05, 3.63) is 29.3 Å². The number of aliphatic hydroxyl groups is 1. The lowest BCUT2D eigenvalue weighted by molar-refractivity contribution is 0.281. The summed E-state index contributed by atoms with van der Waals surface area (Å²) in [5, 5.41) is 9.25. The molecule has 20 heavy (non-hydrogen) atoms. The Morgan fingerprint density at radius 1 is 1.35 bits per heavy atom. The number of fused-ring (bicyclic) bond motifs is 2. The molecule has 2 aliphatic rings. The average Bonchev–Trinajstić information content (AvgIpc) is 3.09. The third-order valence-electron chi connectivity index (χ3n) is 4.64. The van der Waals surface area contributed by atoms with Crippen molar-refractivity contribution < 1.29 is 13.5 Å². The predicted octanol–water partition coefficient (Wildman–Crippen LogP) is 1.91. The van der Waals surface area contributed by atoms with Gasteiger partial charge in [0.2, 0.25) is 10.0 Å². The van der Waals surface area contributed by atoms with Crippen LogP contribution < -0.4 is 0 Å². The van der Waals surface area contributed by atoms with Crippen molar-refractivity contribution in [1.82, 2.24) is 4.31 Å². The average molecular weight is 295 g/mol. The van der Waals surface area contributed by atoms with Crippen molar-refractivity contribution in [2.45, 2.75) is 50.2 Å². The molecule has 1 aromatic carbocycles. The SMILES string of the molecule is CCc1ccc(CO)cc1S(=O)(=O)N1CC2CCC1C2. The van der Waals surface area contributed by atoms with Gasteiger partial charge < -0.3 is 5.11 Å². The van der Waals surface area contributed by atoms with Gasteiger partial charge in [-0.1, -0.05) is 19.1 Å². The summed E-state index contributed by atoms with van der Waals surface area (Å²) in [5.41, 5.74) is 1.50. The Morgan fingerprint density at radius 3 is 2.70 bits per heavy atom. The molecule has 1 aliphatic heterocycles. The Bertz CT molecular complexity index is 612. The lowest BCUT2D eigenvalue weighted by Crippen LogP contribution is -2.38. The van der Waals surface area contributed by atoms with Gasteiger partial charge in [-0.05, 0) is 48.8 Å². The fraction of sp³-hybridized carbons (Fsp3) is 0.600. The highest BCUT2D eigenvalue weighted by Gasteiger charge is 2.44. The van der Waals surface area contributed by atoms with Gasteiger partial charge in [0.1, 0.15) is 0 Å². The van der Waals surface area contributed by atoms with Crippen LogP contribution in [-0.4, -0.2) is 30.4 Å². The Labute approximate surface area is 120 Å². The number of aryl methyl sites for hydroxylation is 1. The molecule has 0 amide bonds. The summed E-state index contributed by atoms with van der Waals surface area (Å²) in [4.78, 5) is 0.388. The highest BCUT2D eigenvalue weighted by molar-refractivity contribution is 7.89.